The van der Waals surface area contributed by atoms with Gasteiger partial charge in [0.1, 0.15) is 5.82 Å². The maximum atomic E-state index is 13.4. The van der Waals surface area contributed by atoms with Gasteiger partial charge in [0.25, 0.3) is 5.91 Å². The molecule has 5 nitrogen and oxygen atoms in total. The molecule has 2 saturated heterocycles. The second-order valence-electron chi connectivity index (χ2n) is 7.25. The van der Waals surface area contributed by atoms with Crippen LogP contribution in [0.5, 0.6) is 0 Å². The van der Waals surface area contributed by atoms with Crippen LogP contribution >= 0.6 is 11.3 Å². The Balaban J connectivity index is 1.32. The van der Waals surface area contributed by atoms with Crippen molar-refractivity contribution in [2.75, 3.05) is 44.2 Å². The van der Waals surface area contributed by atoms with E-state index in [1.807, 2.05) is 0 Å². The lowest BCUT2D eigenvalue weighted by molar-refractivity contribution is 0.0746. The van der Waals surface area contributed by atoms with Gasteiger partial charge in [0, 0.05) is 43.7 Å². The minimum atomic E-state index is -0.372. The average molecular weight is 389 g/mol. The van der Waals surface area contributed by atoms with Gasteiger partial charge >= 0.3 is 0 Å². The lowest BCUT2D eigenvalue weighted by atomic mass is 10.1. The van der Waals surface area contributed by atoms with Crippen LogP contribution in [-0.2, 0) is 6.54 Å². The van der Waals surface area contributed by atoms with Crippen molar-refractivity contribution in [2.24, 2.45) is 0 Å². The Kier molecular flexibility index (Phi) is 5.69. The summed E-state index contributed by atoms with van der Waals surface area (Å²) in [5.74, 6) is -0.470. The number of piperidine rings is 1. The number of likely N-dealkylation sites (tertiary alicyclic amines) is 1. The lowest BCUT2D eigenvalue weighted by Crippen LogP contribution is -2.48. The van der Waals surface area contributed by atoms with E-state index < -0.39 is 0 Å². The molecule has 0 N–H and O–H groups in total. The van der Waals surface area contributed by atoms with Crippen LogP contribution in [0, 0.1) is 5.82 Å². The molecule has 3 heterocycles. The first kappa shape index (κ1) is 18.4. The van der Waals surface area contributed by atoms with E-state index in [2.05, 4.69) is 15.2 Å². The molecule has 7 heteroatoms. The standard InChI is InChI=1S/C20H25FN4OS/c21-17-6-4-5-16(13-17)19(26)24-9-11-25(12-10-24)20-22-18(15-27-20)14-23-7-2-1-3-8-23/h4-6,13,15H,1-3,7-12,14H2. The minimum absolute atomic E-state index is 0.0981. The van der Waals surface area contributed by atoms with Gasteiger partial charge in [0.05, 0.1) is 5.69 Å². The largest absolute Gasteiger partial charge is 0.345 e. The molecule has 4 rings (SSSR count). The Morgan fingerprint density at radius 3 is 2.59 bits per heavy atom. The number of halogens is 1. The highest BCUT2D eigenvalue weighted by atomic mass is 32.1. The van der Waals surface area contributed by atoms with Gasteiger partial charge < -0.3 is 9.80 Å². The zero-order valence-electron chi connectivity index (χ0n) is 15.4. The van der Waals surface area contributed by atoms with Gasteiger partial charge in [-0.3, -0.25) is 9.69 Å². The van der Waals surface area contributed by atoms with Gasteiger partial charge in [0.15, 0.2) is 5.13 Å². The highest BCUT2D eigenvalue weighted by Gasteiger charge is 2.24. The summed E-state index contributed by atoms with van der Waals surface area (Å²) in [5, 5.41) is 3.20. The molecular formula is C20H25FN4OS. The summed E-state index contributed by atoms with van der Waals surface area (Å²) in [6.07, 6.45) is 3.92. The van der Waals surface area contributed by atoms with Crippen molar-refractivity contribution >= 4 is 22.4 Å². The van der Waals surface area contributed by atoms with Crippen LogP contribution in [0.15, 0.2) is 29.6 Å². The fourth-order valence-electron chi connectivity index (χ4n) is 3.77. The van der Waals surface area contributed by atoms with Gasteiger partial charge in [-0.15, -0.1) is 11.3 Å². The van der Waals surface area contributed by atoms with Crippen molar-refractivity contribution in [1.82, 2.24) is 14.8 Å². The molecule has 0 spiro atoms. The van der Waals surface area contributed by atoms with Crippen LogP contribution < -0.4 is 4.90 Å². The van der Waals surface area contributed by atoms with E-state index in [0.29, 0.717) is 18.7 Å². The van der Waals surface area contributed by atoms with Crippen LogP contribution in [0.2, 0.25) is 0 Å². The molecule has 1 aromatic carbocycles. The summed E-state index contributed by atoms with van der Waals surface area (Å²) in [7, 11) is 0. The maximum absolute atomic E-state index is 13.4. The number of piperazine rings is 1. The molecule has 27 heavy (non-hydrogen) atoms. The number of aromatic nitrogens is 1. The molecule has 0 atom stereocenters. The van der Waals surface area contributed by atoms with Gasteiger partial charge in [-0.1, -0.05) is 12.5 Å². The van der Waals surface area contributed by atoms with Crippen LogP contribution in [0.1, 0.15) is 35.3 Å². The van der Waals surface area contributed by atoms with Gasteiger partial charge in [0.2, 0.25) is 0 Å². The highest BCUT2D eigenvalue weighted by Crippen LogP contribution is 2.24. The summed E-state index contributed by atoms with van der Waals surface area (Å²) in [6, 6.07) is 5.92. The number of anilines is 1. The molecule has 0 bridgehead atoms. The summed E-state index contributed by atoms with van der Waals surface area (Å²) in [5.41, 5.74) is 1.57. The Morgan fingerprint density at radius 1 is 1.07 bits per heavy atom. The smallest absolute Gasteiger partial charge is 0.254 e. The summed E-state index contributed by atoms with van der Waals surface area (Å²) >= 11 is 1.69. The SMILES string of the molecule is O=C(c1cccc(F)c1)N1CCN(c2nc(CN3CCCCC3)cs2)CC1. The first-order chi connectivity index (χ1) is 13.2. The molecule has 144 valence electrons. The van der Waals surface area contributed by atoms with Crippen molar-refractivity contribution in [3.05, 3.63) is 46.7 Å². The van der Waals surface area contributed by atoms with Gasteiger partial charge in [-0.2, -0.15) is 0 Å². The lowest BCUT2D eigenvalue weighted by Gasteiger charge is -2.34. The molecule has 2 aliphatic heterocycles. The molecule has 0 unspecified atom stereocenters. The number of carbonyl (C=O) groups excluding carboxylic acids is 1. The van der Waals surface area contributed by atoms with Crippen molar-refractivity contribution in [3.63, 3.8) is 0 Å². The van der Waals surface area contributed by atoms with E-state index in [0.717, 1.165) is 30.5 Å². The second kappa shape index (κ2) is 8.35. The molecule has 2 aliphatic rings. The number of hydrogen-bond donors (Lipinski definition) is 0. The van der Waals surface area contributed by atoms with Gasteiger partial charge in [-0.25, -0.2) is 9.37 Å². The third-order valence-electron chi connectivity index (χ3n) is 5.28. The number of amides is 1. The van der Waals surface area contributed by atoms with Crippen LogP contribution in [-0.4, -0.2) is 60.0 Å². The Morgan fingerprint density at radius 2 is 1.85 bits per heavy atom. The Hall–Kier alpha value is -1.99. The third kappa shape index (κ3) is 4.47. The van der Waals surface area contributed by atoms with E-state index in [1.165, 1.54) is 44.5 Å². The summed E-state index contributed by atoms with van der Waals surface area (Å²) in [6.45, 7) is 6.08. The van der Waals surface area contributed by atoms with Crippen molar-refractivity contribution in [3.8, 4) is 0 Å². The first-order valence-corrected chi connectivity index (χ1v) is 10.5. The molecule has 0 radical (unpaired) electrons. The van der Waals surface area contributed by atoms with Crippen molar-refractivity contribution < 1.29 is 9.18 Å². The number of nitrogens with zero attached hydrogens (tertiary/aromatic N) is 4. The van der Waals surface area contributed by atoms with Crippen LogP contribution in [0.4, 0.5) is 9.52 Å². The fraction of sp³-hybridized carbons (Fsp3) is 0.500. The first-order valence-electron chi connectivity index (χ1n) is 9.65. The predicted octanol–water partition coefficient (Wildman–Crippen LogP) is 3.23. The fourth-order valence-corrected chi connectivity index (χ4v) is 4.64. The van der Waals surface area contributed by atoms with E-state index >= 15 is 0 Å². The monoisotopic (exact) mass is 388 g/mol. The maximum Gasteiger partial charge on any atom is 0.254 e. The van der Waals surface area contributed by atoms with E-state index in [-0.39, 0.29) is 11.7 Å². The molecule has 2 aromatic rings. The number of benzene rings is 1. The van der Waals surface area contributed by atoms with Crippen LogP contribution in [0.3, 0.4) is 0 Å². The number of carbonyl (C=O) groups is 1. The minimum Gasteiger partial charge on any atom is -0.345 e. The topological polar surface area (TPSA) is 39.7 Å². The molecular weight excluding hydrogens is 363 g/mol. The zero-order chi connectivity index (χ0) is 18.6. The molecule has 0 saturated carbocycles. The molecule has 0 aliphatic carbocycles. The average Bonchev–Trinajstić information content (AvgIpc) is 3.17. The number of thiazole rings is 1. The normalized spacial score (nSPS) is 18.7. The van der Waals surface area contributed by atoms with E-state index in [4.69, 9.17) is 4.98 Å². The van der Waals surface area contributed by atoms with Crippen molar-refractivity contribution in [1.29, 1.82) is 0 Å². The van der Waals surface area contributed by atoms with E-state index in [9.17, 15) is 9.18 Å². The third-order valence-corrected chi connectivity index (χ3v) is 6.23. The summed E-state index contributed by atoms with van der Waals surface area (Å²) in [4.78, 5) is 23.9. The highest BCUT2D eigenvalue weighted by molar-refractivity contribution is 7.13. The number of rotatable bonds is 4. The zero-order valence-corrected chi connectivity index (χ0v) is 16.3. The van der Waals surface area contributed by atoms with Crippen LogP contribution in [0.25, 0.3) is 0 Å². The Bertz CT molecular complexity index is 782. The quantitative estimate of drug-likeness (QED) is 0.806. The second-order valence-corrected chi connectivity index (χ2v) is 8.08. The summed E-state index contributed by atoms with van der Waals surface area (Å²) < 4.78 is 13.4. The Labute approximate surface area is 163 Å². The molecule has 2 fully saturated rings. The van der Waals surface area contributed by atoms with Crippen molar-refractivity contribution in [2.45, 2.75) is 25.8 Å². The van der Waals surface area contributed by atoms with Gasteiger partial charge in [-0.05, 0) is 44.1 Å². The molecule has 1 amide bonds. The predicted molar refractivity (Wildman–Crippen MR) is 106 cm³/mol. The van der Waals surface area contributed by atoms with E-state index in [1.54, 1.807) is 28.4 Å². The molecule has 1 aromatic heterocycles. The number of hydrogen-bond acceptors (Lipinski definition) is 5.